The highest BCUT2D eigenvalue weighted by Crippen LogP contribution is 2.33. The number of aryl methyl sites for hydroxylation is 1. The number of para-hydroxylation sites is 2. The summed E-state index contributed by atoms with van der Waals surface area (Å²) in [5.74, 6) is 1.05. The fourth-order valence-electron chi connectivity index (χ4n) is 3.82. The quantitative estimate of drug-likeness (QED) is 0.383. The first-order valence-electron chi connectivity index (χ1n) is 10.4. The van der Waals surface area contributed by atoms with Gasteiger partial charge in [0, 0.05) is 31.9 Å². The molecule has 11 nitrogen and oxygen atoms in total. The molecule has 0 saturated heterocycles. The number of nitrogens with zero attached hydrogens (tertiary/aromatic N) is 4. The van der Waals surface area contributed by atoms with E-state index in [1.54, 1.807) is 43.6 Å². The van der Waals surface area contributed by atoms with Crippen molar-refractivity contribution in [1.82, 2.24) is 19.7 Å². The van der Waals surface area contributed by atoms with Crippen LogP contribution < -0.4 is 20.5 Å². The molecular weight excluding hydrogens is 458 g/mol. The van der Waals surface area contributed by atoms with Crippen LogP contribution in [-0.2, 0) is 35.0 Å². The van der Waals surface area contributed by atoms with E-state index in [4.69, 9.17) is 4.74 Å². The van der Waals surface area contributed by atoms with Gasteiger partial charge in [0.2, 0.25) is 10.0 Å². The number of anilines is 5. The van der Waals surface area contributed by atoms with Crippen molar-refractivity contribution < 1.29 is 13.2 Å². The Morgan fingerprint density at radius 3 is 2.65 bits per heavy atom. The first-order valence-corrected chi connectivity index (χ1v) is 12.3. The van der Waals surface area contributed by atoms with Gasteiger partial charge >= 0.3 is 0 Å². The molecule has 0 aliphatic carbocycles. The molecule has 3 aromatic heterocycles. The van der Waals surface area contributed by atoms with E-state index in [1.165, 1.54) is 16.0 Å². The number of hydrogen-bond acceptors (Lipinski definition) is 8. The first-order chi connectivity index (χ1) is 16.2. The summed E-state index contributed by atoms with van der Waals surface area (Å²) in [4.78, 5) is 21.8. The van der Waals surface area contributed by atoms with E-state index in [9.17, 15) is 13.2 Å². The molecule has 3 N–H and O–H groups in total. The molecule has 176 valence electrons. The number of benzene rings is 1. The fraction of sp³-hybridized carbons (Fsp3) is 0.227. The second kappa shape index (κ2) is 8.15. The SMILES string of the molecule is CN(c1ccccc1Nc1cc(Nc2cc3c(cn2)COC3)nc2[nH]n(C)c(=O)c12)S(C)(=O)=O. The molecule has 0 atom stereocenters. The zero-order chi connectivity index (χ0) is 24.0. The number of pyridine rings is 2. The van der Waals surface area contributed by atoms with Gasteiger partial charge in [-0.15, -0.1) is 0 Å². The Morgan fingerprint density at radius 2 is 1.85 bits per heavy atom. The van der Waals surface area contributed by atoms with Crippen LogP contribution in [0.2, 0.25) is 0 Å². The summed E-state index contributed by atoms with van der Waals surface area (Å²) in [6, 6.07) is 10.6. The smallest absolute Gasteiger partial charge is 0.277 e. The summed E-state index contributed by atoms with van der Waals surface area (Å²) in [5, 5.41) is 9.71. The van der Waals surface area contributed by atoms with E-state index in [1.807, 2.05) is 6.07 Å². The number of aromatic nitrogens is 4. The van der Waals surface area contributed by atoms with Crippen LogP contribution in [0.25, 0.3) is 11.0 Å². The van der Waals surface area contributed by atoms with Gasteiger partial charge in [0.1, 0.15) is 17.0 Å². The van der Waals surface area contributed by atoms with Gasteiger partial charge in [-0.2, -0.15) is 0 Å². The maximum atomic E-state index is 12.8. The number of rotatable bonds is 6. The van der Waals surface area contributed by atoms with Crippen LogP contribution in [0.1, 0.15) is 11.1 Å². The van der Waals surface area contributed by atoms with Gasteiger partial charge in [-0.25, -0.2) is 18.4 Å². The van der Waals surface area contributed by atoms with Gasteiger partial charge in [-0.05, 0) is 23.8 Å². The Labute approximate surface area is 195 Å². The van der Waals surface area contributed by atoms with E-state index in [0.29, 0.717) is 52.9 Å². The van der Waals surface area contributed by atoms with Crippen LogP contribution in [0.4, 0.5) is 28.7 Å². The van der Waals surface area contributed by atoms with Crippen molar-refractivity contribution in [3.05, 3.63) is 64.1 Å². The van der Waals surface area contributed by atoms with Gasteiger partial charge in [0.15, 0.2) is 5.65 Å². The van der Waals surface area contributed by atoms with Gasteiger partial charge in [-0.1, -0.05) is 12.1 Å². The fourth-order valence-corrected chi connectivity index (χ4v) is 4.34. The van der Waals surface area contributed by atoms with Crippen LogP contribution in [0.15, 0.2) is 47.4 Å². The van der Waals surface area contributed by atoms with Crippen molar-refractivity contribution in [3.8, 4) is 0 Å². The topological polar surface area (TPSA) is 134 Å². The largest absolute Gasteiger partial charge is 0.372 e. The number of fused-ring (bicyclic) bond motifs is 2. The molecule has 1 aliphatic heterocycles. The molecule has 0 radical (unpaired) electrons. The second-order valence-corrected chi connectivity index (χ2v) is 10.1. The minimum absolute atomic E-state index is 0.265. The maximum absolute atomic E-state index is 12.8. The Balaban J connectivity index is 1.58. The Bertz CT molecular complexity index is 1580. The Morgan fingerprint density at radius 1 is 1.09 bits per heavy atom. The van der Waals surface area contributed by atoms with Crippen LogP contribution in [0.3, 0.4) is 0 Å². The Hall–Kier alpha value is -3.90. The average Bonchev–Trinajstić information content (AvgIpc) is 3.36. The summed E-state index contributed by atoms with van der Waals surface area (Å²) >= 11 is 0. The minimum Gasteiger partial charge on any atom is -0.372 e. The summed E-state index contributed by atoms with van der Waals surface area (Å²) < 4.78 is 32.3. The van der Waals surface area contributed by atoms with E-state index in [0.717, 1.165) is 17.4 Å². The molecule has 4 aromatic rings. The summed E-state index contributed by atoms with van der Waals surface area (Å²) in [5.41, 5.74) is 3.64. The predicted molar refractivity (Wildman–Crippen MR) is 130 cm³/mol. The van der Waals surface area contributed by atoms with E-state index >= 15 is 0 Å². The Kier molecular flexibility index (Phi) is 5.25. The predicted octanol–water partition coefficient (Wildman–Crippen LogP) is 2.57. The number of ether oxygens (including phenoxy) is 1. The minimum atomic E-state index is -3.49. The van der Waals surface area contributed by atoms with Crippen molar-refractivity contribution in [1.29, 1.82) is 0 Å². The standard InChI is InChI=1S/C22H23N7O4S/c1-28-22(30)20-16(24-15-6-4-5-7-17(15)29(2)34(3,31)32)9-19(26-21(20)27-28)25-18-8-13-11-33-12-14(13)10-23-18/h4-10H,11-12H2,1-3H3,(H3,23,24,25,26,27). The average molecular weight is 482 g/mol. The van der Waals surface area contributed by atoms with Crippen LogP contribution in [-0.4, -0.2) is 41.5 Å². The zero-order valence-corrected chi connectivity index (χ0v) is 19.6. The van der Waals surface area contributed by atoms with Crippen molar-refractivity contribution in [2.75, 3.05) is 28.2 Å². The highest BCUT2D eigenvalue weighted by atomic mass is 32.2. The highest BCUT2D eigenvalue weighted by Gasteiger charge is 2.19. The number of hydrogen-bond donors (Lipinski definition) is 3. The highest BCUT2D eigenvalue weighted by molar-refractivity contribution is 7.92. The first kappa shape index (κ1) is 21.9. The van der Waals surface area contributed by atoms with Gasteiger partial charge in [0.05, 0.1) is 36.5 Å². The second-order valence-electron chi connectivity index (χ2n) is 8.08. The van der Waals surface area contributed by atoms with Crippen molar-refractivity contribution in [3.63, 3.8) is 0 Å². The third-order valence-electron chi connectivity index (χ3n) is 5.68. The molecule has 0 saturated carbocycles. The lowest BCUT2D eigenvalue weighted by Crippen LogP contribution is -2.25. The molecule has 0 fully saturated rings. The van der Waals surface area contributed by atoms with Gasteiger partial charge < -0.3 is 15.4 Å². The number of H-pyrrole nitrogens is 1. The zero-order valence-electron chi connectivity index (χ0n) is 18.8. The summed E-state index contributed by atoms with van der Waals surface area (Å²) in [6.45, 7) is 1.08. The van der Waals surface area contributed by atoms with Gasteiger partial charge in [-0.3, -0.25) is 18.9 Å². The van der Waals surface area contributed by atoms with Crippen LogP contribution in [0.5, 0.6) is 0 Å². The normalized spacial score (nSPS) is 13.1. The molecule has 0 bridgehead atoms. The molecule has 5 rings (SSSR count). The molecule has 34 heavy (non-hydrogen) atoms. The molecule has 0 spiro atoms. The maximum Gasteiger partial charge on any atom is 0.277 e. The van der Waals surface area contributed by atoms with E-state index in [-0.39, 0.29) is 5.56 Å². The number of aromatic amines is 1. The molecule has 1 aliphatic rings. The van der Waals surface area contributed by atoms with Crippen molar-refractivity contribution in [2.45, 2.75) is 13.2 Å². The molecule has 12 heteroatoms. The van der Waals surface area contributed by atoms with E-state index in [2.05, 4.69) is 25.7 Å². The molecule has 0 unspecified atom stereocenters. The third kappa shape index (κ3) is 3.97. The lowest BCUT2D eigenvalue weighted by molar-refractivity contribution is 0.134. The monoisotopic (exact) mass is 481 g/mol. The van der Waals surface area contributed by atoms with Crippen LogP contribution >= 0.6 is 0 Å². The molecule has 1 aromatic carbocycles. The van der Waals surface area contributed by atoms with Gasteiger partial charge in [0.25, 0.3) is 5.56 Å². The van der Waals surface area contributed by atoms with Crippen molar-refractivity contribution >= 4 is 49.8 Å². The van der Waals surface area contributed by atoms with Crippen molar-refractivity contribution in [2.24, 2.45) is 7.05 Å². The molecule has 0 amide bonds. The number of sulfonamides is 1. The number of nitrogens with one attached hydrogen (secondary N) is 3. The molecular formula is C22H23N7O4S. The lowest BCUT2D eigenvalue weighted by Gasteiger charge is -2.21. The summed E-state index contributed by atoms with van der Waals surface area (Å²) in [7, 11) is -0.412. The lowest BCUT2D eigenvalue weighted by atomic mass is 10.2. The molecule has 4 heterocycles. The third-order valence-corrected chi connectivity index (χ3v) is 6.87. The van der Waals surface area contributed by atoms with Crippen LogP contribution in [0, 0.1) is 0 Å². The summed E-state index contributed by atoms with van der Waals surface area (Å²) in [6.07, 6.45) is 2.90. The van der Waals surface area contributed by atoms with E-state index < -0.39 is 10.0 Å².